The van der Waals surface area contributed by atoms with Crippen LogP contribution < -0.4 is 4.90 Å². The SMILES string of the molecule is CN(C(=O)c1c(Cl)cccc1Cl)c1ccccc1C(=O)O. The van der Waals surface area contributed by atoms with Gasteiger partial charge in [-0.05, 0) is 24.3 Å². The molecule has 0 aromatic heterocycles. The molecule has 0 fully saturated rings. The molecule has 2 rings (SSSR count). The van der Waals surface area contributed by atoms with Crippen molar-refractivity contribution in [1.82, 2.24) is 0 Å². The number of aromatic carboxylic acids is 1. The summed E-state index contributed by atoms with van der Waals surface area (Å²) in [4.78, 5) is 25.0. The molecule has 0 spiro atoms. The van der Waals surface area contributed by atoms with Gasteiger partial charge in [-0.25, -0.2) is 4.79 Å². The van der Waals surface area contributed by atoms with E-state index in [9.17, 15) is 14.7 Å². The average Bonchev–Trinajstić information content (AvgIpc) is 2.46. The highest BCUT2D eigenvalue weighted by Crippen LogP contribution is 2.28. The Morgan fingerprint density at radius 1 is 1.00 bits per heavy atom. The second-order valence-corrected chi connectivity index (χ2v) is 5.10. The Kier molecular flexibility index (Phi) is 4.50. The number of carbonyl (C=O) groups excluding carboxylic acids is 1. The van der Waals surface area contributed by atoms with Gasteiger partial charge in [0.25, 0.3) is 5.91 Å². The minimum Gasteiger partial charge on any atom is -0.478 e. The summed E-state index contributed by atoms with van der Waals surface area (Å²) in [7, 11) is 1.48. The van der Waals surface area contributed by atoms with Crippen LogP contribution in [0.3, 0.4) is 0 Å². The lowest BCUT2D eigenvalue weighted by Gasteiger charge is -2.20. The van der Waals surface area contributed by atoms with Crippen molar-refractivity contribution in [2.45, 2.75) is 0 Å². The summed E-state index contributed by atoms with van der Waals surface area (Å²) in [5, 5.41) is 9.62. The maximum Gasteiger partial charge on any atom is 0.337 e. The minimum absolute atomic E-state index is 0.0246. The lowest BCUT2D eigenvalue weighted by Crippen LogP contribution is -2.28. The maximum absolute atomic E-state index is 12.5. The van der Waals surface area contributed by atoms with Crippen molar-refractivity contribution in [1.29, 1.82) is 0 Å². The van der Waals surface area contributed by atoms with Crippen LogP contribution in [0.2, 0.25) is 10.0 Å². The Morgan fingerprint density at radius 2 is 1.57 bits per heavy atom. The molecule has 1 N–H and O–H groups in total. The molecule has 1 amide bonds. The van der Waals surface area contributed by atoms with Gasteiger partial charge in [0.05, 0.1) is 26.9 Å². The Balaban J connectivity index is 2.48. The smallest absolute Gasteiger partial charge is 0.337 e. The number of carboxylic acid groups (broad SMARTS) is 1. The van der Waals surface area contributed by atoms with Crippen LogP contribution >= 0.6 is 23.2 Å². The van der Waals surface area contributed by atoms with Crippen LogP contribution in [0.15, 0.2) is 42.5 Å². The highest BCUT2D eigenvalue weighted by atomic mass is 35.5. The van der Waals surface area contributed by atoms with Crippen LogP contribution in [0, 0.1) is 0 Å². The minimum atomic E-state index is -1.12. The summed E-state index contributed by atoms with van der Waals surface area (Å²) in [6.07, 6.45) is 0. The van der Waals surface area contributed by atoms with Gasteiger partial charge in [0.15, 0.2) is 0 Å². The number of benzene rings is 2. The molecule has 2 aromatic carbocycles. The van der Waals surface area contributed by atoms with Gasteiger partial charge in [0.2, 0.25) is 0 Å². The number of hydrogen-bond donors (Lipinski definition) is 1. The molecule has 0 heterocycles. The fourth-order valence-electron chi connectivity index (χ4n) is 1.93. The van der Waals surface area contributed by atoms with Gasteiger partial charge in [-0.15, -0.1) is 0 Å². The summed E-state index contributed by atoms with van der Waals surface area (Å²) < 4.78 is 0. The predicted molar refractivity (Wildman–Crippen MR) is 82.6 cm³/mol. The van der Waals surface area contributed by atoms with Crippen molar-refractivity contribution in [3.63, 3.8) is 0 Å². The highest BCUT2D eigenvalue weighted by molar-refractivity contribution is 6.40. The largest absolute Gasteiger partial charge is 0.478 e. The zero-order chi connectivity index (χ0) is 15.6. The Hall–Kier alpha value is -2.04. The third kappa shape index (κ3) is 3.01. The van der Waals surface area contributed by atoms with Crippen LogP contribution in [0.4, 0.5) is 5.69 Å². The van der Waals surface area contributed by atoms with Crippen molar-refractivity contribution in [3.8, 4) is 0 Å². The fraction of sp³-hybridized carbons (Fsp3) is 0.0667. The zero-order valence-corrected chi connectivity index (χ0v) is 12.5. The number of carboxylic acids is 1. The Labute approximate surface area is 131 Å². The molecule has 0 bridgehead atoms. The molecule has 0 atom stereocenters. The van der Waals surface area contributed by atoms with E-state index in [4.69, 9.17) is 23.2 Å². The molecule has 108 valence electrons. The molecule has 2 aromatic rings. The first-order valence-corrected chi connectivity index (χ1v) is 6.73. The number of anilines is 1. The summed E-state index contributed by atoms with van der Waals surface area (Å²) in [5.74, 6) is -1.59. The van der Waals surface area contributed by atoms with Crippen LogP contribution in [-0.4, -0.2) is 24.0 Å². The first kappa shape index (κ1) is 15.4. The fourth-order valence-corrected chi connectivity index (χ4v) is 2.49. The van der Waals surface area contributed by atoms with Crippen LogP contribution in [-0.2, 0) is 0 Å². The molecule has 0 saturated carbocycles. The van der Waals surface area contributed by atoms with Crippen molar-refractivity contribution in [2.24, 2.45) is 0 Å². The van der Waals surface area contributed by atoms with E-state index in [1.54, 1.807) is 36.4 Å². The normalized spacial score (nSPS) is 10.2. The van der Waals surface area contributed by atoms with E-state index in [-0.39, 0.29) is 26.9 Å². The molecular formula is C15H11Cl2NO3. The van der Waals surface area contributed by atoms with Gasteiger partial charge in [-0.1, -0.05) is 41.4 Å². The molecule has 0 aliphatic heterocycles. The third-order valence-electron chi connectivity index (χ3n) is 2.98. The molecule has 0 radical (unpaired) electrons. The number of carbonyl (C=O) groups is 2. The topological polar surface area (TPSA) is 57.6 Å². The lowest BCUT2D eigenvalue weighted by atomic mass is 10.1. The van der Waals surface area contributed by atoms with Crippen LogP contribution in [0.25, 0.3) is 0 Å². The van der Waals surface area contributed by atoms with E-state index in [0.29, 0.717) is 0 Å². The van der Waals surface area contributed by atoms with Gasteiger partial charge in [-0.2, -0.15) is 0 Å². The van der Waals surface area contributed by atoms with Crippen molar-refractivity contribution in [2.75, 3.05) is 11.9 Å². The van der Waals surface area contributed by atoms with Crippen LogP contribution in [0.5, 0.6) is 0 Å². The number of hydrogen-bond acceptors (Lipinski definition) is 2. The van der Waals surface area contributed by atoms with E-state index in [1.807, 2.05) is 0 Å². The van der Waals surface area contributed by atoms with E-state index in [0.717, 1.165) is 0 Å². The predicted octanol–water partition coefficient (Wildman–Crippen LogP) is 3.97. The highest BCUT2D eigenvalue weighted by Gasteiger charge is 2.22. The van der Waals surface area contributed by atoms with Gasteiger partial charge in [0.1, 0.15) is 0 Å². The number of para-hydroxylation sites is 1. The molecule has 0 aliphatic carbocycles. The van der Waals surface area contributed by atoms with Crippen molar-refractivity contribution < 1.29 is 14.7 Å². The monoisotopic (exact) mass is 323 g/mol. The van der Waals surface area contributed by atoms with Crippen LogP contribution in [0.1, 0.15) is 20.7 Å². The van der Waals surface area contributed by atoms with E-state index in [2.05, 4.69) is 0 Å². The molecule has 0 saturated heterocycles. The summed E-state index contributed by atoms with van der Waals surface area (Å²) in [5.41, 5.74) is 0.436. The molecular weight excluding hydrogens is 313 g/mol. The summed E-state index contributed by atoms with van der Waals surface area (Å²) >= 11 is 12.0. The number of amides is 1. The summed E-state index contributed by atoms with van der Waals surface area (Å²) in [6, 6.07) is 11.0. The van der Waals surface area contributed by atoms with Gasteiger partial charge >= 0.3 is 5.97 Å². The number of nitrogens with zero attached hydrogens (tertiary/aromatic N) is 1. The third-order valence-corrected chi connectivity index (χ3v) is 3.61. The van der Waals surface area contributed by atoms with Gasteiger partial charge < -0.3 is 10.0 Å². The summed E-state index contributed by atoms with van der Waals surface area (Å²) in [6.45, 7) is 0. The molecule has 6 heteroatoms. The Bertz CT molecular complexity index is 696. The number of rotatable bonds is 3. The van der Waals surface area contributed by atoms with Gasteiger partial charge in [-0.3, -0.25) is 4.79 Å². The zero-order valence-electron chi connectivity index (χ0n) is 11.0. The maximum atomic E-state index is 12.5. The molecule has 4 nitrogen and oxygen atoms in total. The van der Waals surface area contributed by atoms with Crippen molar-refractivity contribution in [3.05, 3.63) is 63.6 Å². The molecule has 0 aliphatic rings. The van der Waals surface area contributed by atoms with E-state index in [1.165, 1.54) is 18.0 Å². The van der Waals surface area contributed by atoms with E-state index >= 15 is 0 Å². The van der Waals surface area contributed by atoms with Gasteiger partial charge in [0, 0.05) is 7.05 Å². The first-order chi connectivity index (χ1) is 9.93. The van der Waals surface area contributed by atoms with E-state index < -0.39 is 11.9 Å². The lowest BCUT2D eigenvalue weighted by molar-refractivity contribution is 0.0697. The molecule has 0 unspecified atom stereocenters. The second kappa shape index (κ2) is 6.16. The quantitative estimate of drug-likeness (QED) is 0.929. The number of halogens is 2. The standard InChI is InChI=1S/C15H11Cl2NO3/c1-18(12-8-3-2-5-9(12)15(20)21)14(19)13-10(16)6-4-7-11(13)17/h2-8H,1H3,(H,20,21). The average molecular weight is 324 g/mol. The molecule has 21 heavy (non-hydrogen) atoms. The van der Waals surface area contributed by atoms with Crippen molar-refractivity contribution >= 4 is 40.8 Å². The second-order valence-electron chi connectivity index (χ2n) is 4.28. The first-order valence-electron chi connectivity index (χ1n) is 5.98. The Morgan fingerprint density at radius 3 is 2.14 bits per heavy atom.